The molecule has 2 aliphatic rings. The van der Waals surface area contributed by atoms with Gasteiger partial charge in [-0.25, -0.2) is 17.5 Å². The van der Waals surface area contributed by atoms with Gasteiger partial charge in [0.2, 0.25) is 0 Å². The molecule has 0 unspecified atom stereocenters. The molecule has 0 radical (unpaired) electrons. The number of sulfonamides is 1. The Morgan fingerprint density at radius 3 is 2.58 bits per heavy atom. The number of hydrogen-bond acceptors (Lipinski definition) is 7. The first-order valence-corrected chi connectivity index (χ1v) is 9.12. The standard InChI is InChI=1S/C15H15N3O7S/c1-9(13(20)17-7-6-16-15(17)22)25-12(19)8-18-14(21)10-4-2-3-5-11(10)26(18,23)24/h2-5,9H,6-8H2,1H3,(H,16,22)/t9-/m1/s1. The van der Waals surface area contributed by atoms with Gasteiger partial charge in [0.25, 0.3) is 21.8 Å². The Morgan fingerprint density at radius 2 is 1.96 bits per heavy atom. The smallest absolute Gasteiger partial charge is 0.327 e. The van der Waals surface area contributed by atoms with Crippen LogP contribution in [0, 0.1) is 0 Å². The van der Waals surface area contributed by atoms with Gasteiger partial charge in [0, 0.05) is 13.1 Å². The Hall–Kier alpha value is -2.95. The number of nitrogens with one attached hydrogen (secondary N) is 1. The van der Waals surface area contributed by atoms with E-state index in [2.05, 4.69) is 5.32 Å². The lowest BCUT2D eigenvalue weighted by atomic mass is 10.2. The Kier molecular flexibility index (Phi) is 4.40. The van der Waals surface area contributed by atoms with E-state index in [9.17, 15) is 27.6 Å². The molecule has 1 saturated heterocycles. The van der Waals surface area contributed by atoms with Crippen molar-refractivity contribution in [2.75, 3.05) is 19.6 Å². The number of esters is 1. The zero-order chi connectivity index (χ0) is 19.1. The molecule has 2 aliphatic heterocycles. The van der Waals surface area contributed by atoms with Crippen LogP contribution in [-0.4, -0.2) is 67.2 Å². The van der Waals surface area contributed by atoms with Gasteiger partial charge in [-0.1, -0.05) is 12.1 Å². The van der Waals surface area contributed by atoms with Gasteiger partial charge < -0.3 is 10.1 Å². The molecule has 0 aromatic heterocycles. The quantitative estimate of drug-likeness (QED) is 0.684. The highest BCUT2D eigenvalue weighted by atomic mass is 32.2. The normalized spacial score (nSPS) is 19.1. The largest absolute Gasteiger partial charge is 0.451 e. The molecule has 0 aliphatic carbocycles. The van der Waals surface area contributed by atoms with Crippen molar-refractivity contribution in [3.63, 3.8) is 0 Å². The van der Waals surface area contributed by atoms with E-state index in [1.54, 1.807) is 0 Å². The molecule has 4 amide bonds. The third-order valence-corrected chi connectivity index (χ3v) is 5.75. The monoisotopic (exact) mass is 381 g/mol. The summed E-state index contributed by atoms with van der Waals surface area (Å²) in [5.74, 6) is -2.64. The summed E-state index contributed by atoms with van der Waals surface area (Å²) in [6.45, 7) is 0.846. The number of imide groups is 1. The van der Waals surface area contributed by atoms with Crippen LogP contribution in [0.5, 0.6) is 0 Å². The maximum atomic E-state index is 12.4. The van der Waals surface area contributed by atoms with Gasteiger partial charge in [-0.05, 0) is 19.1 Å². The van der Waals surface area contributed by atoms with Crippen molar-refractivity contribution in [2.45, 2.75) is 17.9 Å². The lowest BCUT2D eigenvalue weighted by Crippen LogP contribution is -2.43. The van der Waals surface area contributed by atoms with Crippen LogP contribution in [0.3, 0.4) is 0 Å². The minimum absolute atomic E-state index is 0.0295. The number of fused-ring (bicyclic) bond motifs is 1. The van der Waals surface area contributed by atoms with Crippen molar-refractivity contribution in [3.05, 3.63) is 29.8 Å². The molecule has 1 fully saturated rings. The van der Waals surface area contributed by atoms with E-state index in [4.69, 9.17) is 4.74 Å². The number of amides is 4. The average Bonchev–Trinajstić information content (AvgIpc) is 3.10. The molecule has 10 nitrogen and oxygen atoms in total. The minimum atomic E-state index is -4.15. The van der Waals surface area contributed by atoms with Crippen LogP contribution in [0.1, 0.15) is 17.3 Å². The van der Waals surface area contributed by atoms with Crippen molar-refractivity contribution < 1.29 is 32.3 Å². The Morgan fingerprint density at radius 1 is 1.27 bits per heavy atom. The van der Waals surface area contributed by atoms with Crippen molar-refractivity contribution in [1.82, 2.24) is 14.5 Å². The van der Waals surface area contributed by atoms with E-state index in [-0.39, 0.29) is 17.0 Å². The number of ether oxygens (including phenoxy) is 1. The van der Waals surface area contributed by atoms with Crippen LogP contribution in [-0.2, 0) is 24.3 Å². The molecule has 26 heavy (non-hydrogen) atoms. The second kappa shape index (κ2) is 6.41. The molecular formula is C15H15N3O7S. The second-order valence-corrected chi connectivity index (χ2v) is 7.50. The first-order chi connectivity index (χ1) is 12.2. The molecule has 138 valence electrons. The van der Waals surface area contributed by atoms with E-state index in [0.29, 0.717) is 10.8 Å². The van der Waals surface area contributed by atoms with E-state index in [1.807, 2.05) is 0 Å². The number of benzene rings is 1. The molecule has 1 aromatic carbocycles. The van der Waals surface area contributed by atoms with Gasteiger partial charge in [0.05, 0.1) is 5.56 Å². The maximum absolute atomic E-state index is 12.4. The maximum Gasteiger partial charge on any atom is 0.327 e. The van der Waals surface area contributed by atoms with Gasteiger partial charge in [-0.2, -0.15) is 0 Å². The number of carbonyl (C=O) groups excluding carboxylic acids is 4. The summed E-state index contributed by atoms with van der Waals surface area (Å²) in [5, 5.41) is 2.44. The molecule has 0 spiro atoms. The highest BCUT2D eigenvalue weighted by Gasteiger charge is 2.42. The zero-order valence-corrected chi connectivity index (χ0v) is 14.5. The molecular weight excluding hydrogens is 366 g/mol. The lowest BCUT2D eigenvalue weighted by Gasteiger charge is -2.19. The summed E-state index contributed by atoms with van der Waals surface area (Å²) < 4.78 is 30.1. The average molecular weight is 381 g/mol. The van der Waals surface area contributed by atoms with Crippen LogP contribution in [0.15, 0.2) is 29.2 Å². The van der Waals surface area contributed by atoms with E-state index < -0.39 is 46.5 Å². The topological polar surface area (TPSA) is 130 Å². The fraction of sp³-hybridized carbons (Fsp3) is 0.333. The summed E-state index contributed by atoms with van der Waals surface area (Å²) in [6, 6.07) is 5.00. The van der Waals surface area contributed by atoms with Gasteiger partial charge in [0.15, 0.2) is 6.10 Å². The summed E-state index contributed by atoms with van der Waals surface area (Å²) in [5.41, 5.74) is -0.0295. The van der Waals surface area contributed by atoms with Crippen LogP contribution < -0.4 is 5.32 Å². The third kappa shape index (κ3) is 2.90. The predicted octanol–water partition coefficient (Wildman–Crippen LogP) is -0.685. The fourth-order valence-electron chi connectivity index (χ4n) is 2.69. The highest BCUT2D eigenvalue weighted by molar-refractivity contribution is 7.90. The fourth-order valence-corrected chi connectivity index (χ4v) is 4.20. The van der Waals surface area contributed by atoms with Crippen molar-refractivity contribution >= 4 is 33.8 Å². The molecule has 1 aromatic rings. The zero-order valence-electron chi connectivity index (χ0n) is 13.7. The van der Waals surface area contributed by atoms with Crippen LogP contribution in [0.4, 0.5) is 4.79 Å². The third-order valence-electron chi connectivity index (χ3n) is 3.96. The van der Waals surface area contributed by atoms with Crippen molar-refractivity contribution in [2.24, 2.45) is 0 Å². The second-order valence-electron chi connectivity index (χ2n) is 5.67. The molecule has 11 heteroatoms. The minimum Gasteiger partial charge on any atom is -0.451 e. The molecule has 1 N–H and O–H groups in total. The van der Waals surface area contributed by atoms with Gasteiger partial charge >= 0.3 is 12.0 Å². The number of urea groups is 1. The van der Waals surface area contributed by atoms with Gasteiger partial charge in [-0.15, -0.1) is 0 Å². The Bertz CT molecular complexity index is 912. The SMILES string of the molecule is C[C@@H](OC(=O)CN1C(=O)c2ccccc2S1(=O)=O)C(=O)N1CCNC1=O. The number of hydrogen-bond donors (Lipinski definition) is 1. The lowest BCUT2D eigenvalue weighted by molar-refractivity contribution is -0.157. The van der Waals surface area contributed by atoms with Crippen LogP contribution >= 0.6 is 0 Å². The molecule has 3 rings (SSSR count). The van der Waals surface area contributed by atoms with E-state index in [1.165, 1.54) is 31.2 Å². The Labute approximate surface area is 148 Å². The Balaban J connectivity index is 1.68. The summed E-state index contributed by atoms with van der Waals surface area (Å²) >= 11 is 0. The summed E-state index contributed by atoms with van der Waals surface area (Å²) in [7, 11) is -4.15. The van der Waals surface area contributed by atoms with Crippen LogP contribution in [0.25, 0.3) is 0 Å². The van der Waals surface area contributed by atoms with Crippen LogP contribution in [0.2, 0.25) is 0 Å². The first kappa shape index (κ1) is 17.9. The molecule has 0 bridgehead atoms. The van der Waals surface area contributed by atoms with Gasteiger partial charge in [0.1, 0.15) is 11.4 Å². The molecule has 1 atom stereocenters. The summed E-state index contributed by atoms with van der Waals surface area (Å²) in [4.78, 5) is 48.5. The molecule has 0 saturated carbocycles. The van der Waals surface area contributed by atoms with Gasteiger partial charge in [-0.3, -0.25) is 19.3 Å². The number of carbonyl (C=O) groups is 4. The van der Waals surface area contributed by atoms with E-state index in [0.717, 1.165) is 4.90 Å². The highest BCUT2D eigenvalue weighted by Crippen LogP contribution is 2.29. The summed E-state index contributed by atoms with van der Waals surface area (Å²) in [6.07, 6.45) is -1.30. The molecule has 2 heterocycles. The first-order valence-electron chi connectivity index (χ1n) is 7.68. The van der Waals surface area contributed by atoms with Crippen molar-refractivity contribution in [3.8, 4) is 0 Å². The number of rotatable bonds is 4. The van der Waals surface area contributed by atoms with Crippen molar-refractivity contribution in [1.29, 1.82) is 0 Å². The predicted molar refractivity (Wildman–Crippen MR) is 85.3 cm³/mol. The number of nitrogens with zero attached hydrogens (tertiary/aromatic N) is 2. The van der Waals surface area contributed by atoms with E-state index >= 15 is 0 Å².